The van der Waals surface area contributed by atoms with E-state index in [1.165, 1.54) is 0 Å². The van der Waals surface area contributed by atoms with Crippen molar-refractivity contribution >= 4 is 11.8 Å². The largest absolute Gasteiger partial charge is 0.393 e. The molecule has 8 nitrogen and oxygen atoms in total. The Kier molecular flexibility index (Phi) is 4.95. The Morgan fingerprint density at radius 3 is 2.77 bits per heavy atom. The first-order chi connectivity index (χ1) is 12.6. The zero-order valence-electron chi connectivity index (χ0n) is 14.8. The first-order valence-corrected chi connectivity index (χ1v) is 9.54. The molecule has 8 heteroatoms. The maximum Gasteiger partial charge on any atom is 0.272 e. The van der Waals surface area contributed by atoms with Gasteiger partial charge in [0.15, 0.2) is 5.69 Å². The summed E-state index contributed by atoms with van der Waals surface area (Å²) in [6, 6.07) is 0.252. The number of aliphatic hydroxyl groups is 1. The number of aromatic nitrogens is 2. The number of rotatable bonds is 5. The number of fused-ring (bicyclic) bond motifs is 1. The summed E-state index contributed by atoms with van der Waals surface area (Å²) in [5.41, 5.74) is 2.19. The first kappa shape index (κ1) is 17.5. The predicted octanol–water partition coefficient (Wildman–Crippen LogP) is 0.410. The Bertz CT molecular complexity index is 677. The maximum absolute atomic E-state index is 12.5. The van der Waals surface area contributed by atoms with E-state index in [0.29, 0.717) is 38.1 Å². The van der Waals surface area contributed by atoms with E-state index >= 15 is 0 Å². The van der Waals surface area contributed by atoms with Gasteiger partial charge in [0, 0.05) is 30.5 Å². The van der Waals surface area contributed by atoms with E-state index in [1.54, 1.807) is 0 Å². The van der Waals surface area contributed by atoms with Crippen LogP contribution in [-0.4, -0.2) is 51.9 Å². The lowest BCUT2D eigenvalue weighted by molar-refractivity contribution is -0.132. The molecule has 0 saturated heterocycles. The van der Waals surface area contributed by atoms with Gasteiger partial charge in [0.05, 0.1) is 24.5 Å². The SMILES string of the molecule is O=C(NC1CCCC1)c1n[nH]c2c1CC(CNC(=O)C1CC(O)C1)OC2. The van der Waals surface area contributed by atoms with Gasteiger partial charge in [-0.3, -0.25) is 14.7 Å². The Labute approximate surface area is 152 Å². The van der Waals surface area contributed by atoms with Gasteiger partial charge >= 0.3 is 0 Å². The summed E-state index contributed by atoms with van der Waals surface area (Å²) in [6.07, 6.45) is 5.50. The molecular weight excluding hydrogens is 336 g/mol. The molecule has 1 atom stereocenters. The van der Waals surface area contributed by atoms with Crippen LogP contribution in [0.4, 0.5) is 0 Å². The summed E-state index contributed by atoms with van der Waals surface area (Å²) in [4.78, 5) is 24.6. The average Bonchev–Trinajstić information content (AvgIpc) is 3.25. The summed E-state index contributed by atoms with van der Waals surface area (Å²) >= 11 is 0. The van der Waals surface area contributed by atoms with Crippen molar-refractivity contribution in [2.75, 3.05) is 6.54 Å². The molecule has 1 aromatic heterocycles. The minimum Gasteiger partial charge on any atom is -0.393 e. The number of ether oxygens (including phenoxy) is 1. The van der Waals surface area contributed by atoms with E-state index in [4.69, 9.17) is 4.74 Å². The molecule has 142 valence electrons. The molecule has 0 spiro atoms. The van der Waals surface area contributed by atoms with Gasteiger partial charge in [-0.25, -0.2) is 0 Å². The quantitative estimate of drug-likeness (QED) is 0.605. The fourth-order valence-electron chi connectivity index (χ4n) is 4.03. The second kappa shape index (κ2) is 7.36. The molecule has 0 bridgehead atoms. The highest BCUT2D eigenvalue weighted by molar-refractivity contribution is 5.94. The van der Waals surface area contributed by atoms with Crippen molar-refractivity contribution in [2.45, 2.75) is 69.8 Å². The van der Waals surface area contributed by atoms with Crippen LogP contribution in [0.25, 0.3) is 0 Å². The predicted molar refractivity (Wildman–Crippen MR) is 92.3 cm³/mol. The van der Waals surface area contributed by atoms with Crippen LogP contribution in [0.2, 0.25) is 0 Å². The third kappa shape index (κ3) is 3.61. The van der Waals surface area contributed by atoms with E-state index in [2.05, 4.69) is 20.8 Å². The van der Waals surface area contributed by atoms with Crippen LogP contribution < -0.4 is 10.6 Å². The lowest BCUT2D eigenvalue weighted by atomic mass is 9.82. The van der Waals surface area contributed by atoms with Gasteiger partial charge in [-0.15, -0.1) is 0 Å². The summed E-state index contributed by atoms with van der Waals surface area (Å²) in [7, 11) is 0. The highest BCUT2D eigenvalue weighted by Gasteiger charge is 2.34. The van der Waals surface area contributed by atoms with Crippen LogP contribution in [0.5, 0.6) is 0 Å². The number of nitrogens with zero attached hydrogens (tertiary/aromatic N) is 1. The number of amides is 2. The maximum atomic E-state index is 12.5. The second-order valence-electron chi connectivity index (χ2n) is 7.69. The number of carbonyl (C=O) groups is 2. The van der Waals surface area contributed by atoms with E-state index in [1.807, 2.05) is 0 Å². The van der Waals surface area contributed by atoms with Crippen molar-refractivity contribution < 1.29 is 19.4 Å². The number of carbonyl (C=O) groups excluding carboxylic acids is 2. The normalized spacial score (nSPS) is 28.3. The molecule has 1 aromatic rings. The van der Waals surface area contributed by atoms with Crippen molar-refractivity contribution in [3.63, 3.8) is 0 Å². The number of nitrogens with one attached hydrogen (secondary N) is 3. The minimum absolute atomic E-state index is 0.0314. The molecule has 2 fully saturated rings. The highest BCUT2D eigenvalue weighted by Crippen LogP contribution is 2.27. The monoisotopic (exact) mass is 362 g/mol. The zero-order chi connectivity index (χ0) is 18.1. The molecule has 2 aliphatic carbocycles. The first-order valence-electron chi connectivity index (χ1n) is 9.54. The van der Waals surface area contributed by atoms with Gasteiger partial charge in [0.25, 0.3) is 5.91 Å². The minimum atomic E-state index is -0.342. The van der Waals surface area contributed by atoms with Crippen LogP contribution in [0, 0.1) is 5.92 Å². The summed E-state index contributed by atoms with van der Waals surface area (Å²) in [5.74, 6) is -0.246. The third-order valence-corrected chi connectivity index (χ3v) is 5.74. The van der Waals surface area contributed by atoms with Crippen molar-refractivity contribution in [1.29, 1.82) is 0 Å². The number of aromatic amines is 1. The molecule has 1 unspecified atom stereocenters. The second-order valence-corrected chi connectivity index (χ2v) is 7.69. The third-order valence-electron chi connectivity index (χ3n) is 5.74. The number of aliphatic hydroxyl groups excluding tert-OH is 1. The average molecular weight is 362 g/mol. The summed E-state index contributed by atoms with van der Waals surface area (Å²) in [5, 5.41) is 22.4. The van der Waals surface area contributed by atoms with Gasteiger partial charge in [0.2, 0.25) is 5.91 Å². The van der Waals surface area contributed by atoms with Crippen molar-refractivity contribution in [3.8, 4) is 0 Å². The number of H-pyrrole nitrogens is 1. The summed E-state index contributed by atoms with van der Waals surface area (Å²) in [6.45, 7) is 0.765. The number of hydrogen-bond acceptors (Lipinski definition) is 5. The molecular formula is C18H26N4O4. The molecule has 4 N–H and O–H groups in total. The summed E-state index contributed by atoms with van der Waals surface area (Å²) < 4.78 is 5.77. The van der Waals surface area contributed by atoms with Crippen LogP contribution >= 0.6 is 0 Å². The molecule has 2 saturated carbocycles. The van der Waals surface area contributed by atoms with Gasteiger partial charge in [-0.1, -0.05) is 12.8 Å². The van der Waals surface area contributed by atoms with Crippen LogP contribution in [0.1, 0.15) is 60.3 Å². The molecule has 0 aromatic carbocycles. The molecule has 3 aliphatic rings. The lowest BCUT2D eigenvalue weighted by Gasteiger charge is -2.31. The van der Waals surface area contributed by atoms with E-state index in [-0.39, 0.29) is 36.0 Å². The Morgan fingerprint density at radius 2 is 2.04 bits per heavy atom. The molecule has 1 aliphatic heterocycles. The number of hydrogen-bond donors (Lipinski definition) is 4. The zero-order valence-corrected chi connectivity index (χ0v) is 14.8. The van der Waals surface area contributed by atoms with E-state index < -0.39 is 0 Å². The standard InChI is InChI=1S/C18H26N4O4/c23-12-5-10(6-12)17(24)19-8-13-7-14-15(9-26-13)21-22-16(14)18(25)20-11-3-1-2-4-11/h10-13,23H,1-9H2,(H,19,24)(H,20,25)(H,21,22). The van der Waals surface area contributed by atoms with E-state index in [0.717, 1.165) is 36.9 Å². The topological polar surface area (TPSA) is 116 Å². The van der Waals surface area contributed by atoms with Gasteiger partial charge < -0.3 is 20.5 Å². The molecule has 2 heterocycles. The smallest absolute Gasteiger partial charge is 0.272 e. The fraction of sp³-hybridized carbons (Fsp3) is 0.722. The van der Waals surface area contributed by atoms with Gasteiger partial charge in [0.1, 0.15) is 0 Å². The van der Waals surface area contributed by atoms with Gasteiger partial charge in [-0.2, -0.15) is 5.10 Å². The van der Waals surface area contributed by atoms with Crippen LogP contribution in [-0.2, 0) is 22.6 Å². The molecule has 4 rings (SSSR count). The van der Waals surface area contributed by atoms with Crippen LogP contribution in [0.15, 0.2) is 0 Å². The van der Waals surface area contributed by atoms with Gasteiger partial charge in [-0.05, 0) is 25.7 Å². The Morgan fingerprint density at radius 1 is 1.27 bits per heavy atom. The van der Waals surface area contributed by atoms with Crippen LogP contribution in [0.3, 0.4) is 0 Å². The molecule has 0 radical (unpaired) electrons. The van der Waals surface area contributed by atoms with Crippen molar-refractivity contribution in [1.82, 2.24) is 20.8 Å². The lowest BCUT2D eigenvalue weighted by Crippen LogP contribution is -2.44. The molecule has 2 amide bonds. The van der Waals surface area contributed by atoms with Crippen molar-refractivity contribution in [2.24, 2.45) is 5.92 Å². The van der Waals surface area contributed by atoms with Crippen molar-refractivity contribution in [3.05, 3.63) is 17.0 Å². The Balaban J connectivity index is 1.33. The highest BCUT2D eigenvalue weighted by atomic mass is 16.5. The fourth-order valence-corrected chi connectivity index (χ4v) is 4.03. The molecule has 26 heavy (non-hydrogen) atoms. The van der Waals surface area contributed by atoms with E-state index in [9.17, 15) is 14.7 Å². The Hall–Kier alpha value is -1.93.